The van der Waals surface area contributed by atoms with Crippen LogP contribution in [0.5, 0.6) is 5.75 Å². The summed E-state index contributed by atoms with van der Waals surface area (Å²) >= 11 is 1.55. The van der Waals surface area contributed by atoms with Crippen LogP contribution in [0.4, 0.5) is 5.69 Å². The van der Waals surface area contributed by atoms with Gasteiger partial charge in [-0.2, -0.15) is 0 Å². The molecule has 1 aromatic carbocycles. The molecule has 5 heteroatoms. The van der Waals surface area contributed by atoms with Gasteiger partial charge < -0.3 is 15.2 Å². The summed E-state index contributed by atoms with van der Waals surface area (Å²) in [6, 6.07) is 5.48. The summed E-state index contributed by atoms with van der Waals surface area (Å²) in [6.07, 6.45) is 0. The molecule has 18 heavy (non-hydrogen) atoms. The van der Waals surface area contributed by atoms with Crippen molar-refractivity contribution in [2.75, 3.05) is 25.7 Å². The van der Waals surface area contributed by atoms with Crippen LogP contribution in [-0.4, -0.2) is 25.9 Å². The molecule has 0 bridgehead atoms. The maximum absolute atomic E-state index is 11.6. The fraction of sp³-hybridized carbons (Fsp3) is 0.462. The van der Waals surface area contributed by atoms with Gasteiger partial charge in [-0.25, -0.2) is 0 Å². The van der Waals surface area contributed by atoms with Gasteiger partial charge in [-0.3, -0.25) is 4.79 Å². The van der Waals surface area contributed by atoms with Crippen molar-refractivity contribution in [3.8, 4) is 5.75 Å². The highest BCUT2D eigenvalue weighted by molar-refractivity contribution is 7.99. The van der Waals surface area contributed by atoms with Gasteiger partial charge >= 0.3 is 5.97 Å². The normalized spacial score (nSPS) is 11.1. The topological polar surface area (TPSA) is 61.5 Å². The quantitative estimate of drug-likeness (QED) is 0.505. The van der Waals surface area contributed by atoms with Crippen molar-refractivity contribution in [3.05, 3.63) is 18.2 Å². The van der Waals surface area contributed by atoms with Crippen LogP contribution in [0.2, 0.25) is 0 Å². The van der Waals surface area contributed by atoms with Gasteiger partial charge in [-0.05, 0) is 26.0 Å². The highest BCUT2D eigenvalue weighted by Gasteiger charge is 2.29. The fourth-order valence-electron chi connectivity index (χ4n) is 1.40. The van der Waals surface area contributed by atoms with Crippen LogP contribution in [0.1, 0.15) is 13.8 Å². The molecule has 0 heterocycles. The molecule has 0 saturated carbocycles. The second-order valence-electron chi connectivity index (χ2n) is 4.57. The number of nitrogens with two attached hydrogens (primary N) is 1. The zero-order valence-electron chi connectivity index (χ0n) is 11.1. The Hall–Kier alpha value is -1.36. The number of nitrogen functional groups attached to an aromatic ring is 1. The predicted octanol–water partition coefficient (Wildman–Crippen LogP) is 2.57. The molecule has 4 nitrogen and oxygen atoms in total. The number of benzene rings is 1. The maximum atomic E-state index is 11.6. The molecule has 0 aliphatic heterocycles. The summed E-state index contributed by atoms with van der Waals surface area (Å²) in [5, 5.41) is 0. The highest BCUT2D eigenvalue weighted by atomic mass is 32.2. The number of ether oxygens (including phenoxy) is 2. The first-order valence-electron chi connectivity index (χ1n) is 5.55. The number of hydrogen-bond acceptors (Lipinski definition) is 5. The van der Waals surface area contributed by atoms with Gasteiger partial charge in [0.05, 0.1) is 19.6 Å². The monoisotopic (exact) mass is 269 g/mol. The molecule has 1 rings (SSSR count). The van der Waals surface area contributed by atoms with E-state index in [4.69, 9.17) is 15.2 Å². The number of carbonyl (C=O) groups is 1. The Morgan fingerprint density at radius 1 is 1.39 bits per heavy atom. The van der Waals surface area contributed by atoms with Crippen molar-refractivity contribution in [3.63, 3.8) is 0 Å². The van der Waals surface area contributed by atoms with E-state index in [1.165, 1.54) is 7.11 Å². The fourth-order valence-corrected chi connectivity index (χ4v) is 2.48. The lowest BCUT2D eigenvalue weighted by Gasteiger charge is -2.21. The van der Waals surface area contributed by atoms with Crippen molar-refractivity contribution < 1.29 is 14.3 Å². The molecular weight excluding hydrogens is 250 g/mol. The Morgan fingerprint density at radius 3 is 2.61 bits per heavy atom. The number of rotatable bonds is 5. The van der Waals surface area contributed by atoms with Gasteiger partial charge in [0.1, 0.15) is 5.75 Å². The molecule has 0 saturated heterocycles. The summed E-state index contributed by atoms with van der Waals surface area (Å²) < 4.78 is 10.0. The van der Waals surface area contributed by atoms with Crippen molar-refractivity contribution in [1.82, 2.24) is 0 Å². The minimum absolute atomic E-state index is 0.218. The first-order valence-corrected chi connectivity index (χ1v) is 6.54. The van der Waals surface area contributed by atoms with E-state index in [2.05, 4.69) is 0 Å². The SMILES string of the molecule is COC(=O)C(C)(C)CSc1ccc(N)cc1OC. The second-order valence-corrected chi connectivity index (χ2v) is 5.59. The first kappa shape index (κ1) is 14.7. The van der Waals surface area contributed by atoms with Gasteiger partial charge in [0.2, 0.25) is 0 Å². The average molecular weight is 269 g/mol. The van der Waals surface area contributed by atoms with Gasteiger partial charge in [-0.15, -0.1) is 11.8 Å². The molecule has 0 atom stereocenters. The van der Waals surface area contributed by atoms with E-state index >= 15 is 0 Å². The van der Waals surface area contributed by atoms with Gasteiger partial charge in [0, 0.05) is 22.4 Å². The van der Waals surface area contributed by atoms with Crippen molar-refractivity contribution in [2.24, 2.45) is 5.41 Å². The minimum atomic E-state index is -0.536. The van der Waals surface area contributed by atoms with Crippen LogP contribution in [0.15, 0.2) is 23.1 Å². The molecular formula is C13H19NO3S. The molecule has 0 spiro atoms. The van der Waals surface area contributed by atoms with E-state index in [9.17, 15) is 4.79 Å². The molecule has 0 radical (unpaired) electrons. The molecule has 0 aliphatic rings. The smallest absolute Gasteiger partial charge is 0.312 e. The lowest BCUT2D eigenvalue weighted by Crippen LogP contribution is -2.28. The van der Waals surface area contributed by atoms with E-state index in [1.807, 2.05) is 26.0 Å². The van der Waals surface area contributed by atoms with Crippen LogP contribution < -0.4 is 10.5 Å². The molecule has 0 fully saturated rings. The largest absolute Gasteiger partial charge is 0.496 e. The Balaban J connectivity index is 2.77. The summed E-state index contributed by atoms with van der Waals surface area (Å²) in [4.78, 5) is 12.5. The van der Waals surface area contributed by atoms with E-state index in [-0.39, 0.29) is 5.97 Å². The maximum Gasteiger partial charge on any atom is 0.312 e. The number of carbonyl (C=O) groups excluding carboxylic acids is 1. The first-order chi connectivity index (χ1) is 8.40. The standard InChI is InChI=1S/C13H19NO3S/c1-13(2,12(15)17-4)8-18-11-6-5-9(14)7-10(11)16-3/h5-7H,8,14H2,1-4H3. The average Bonchev–Trinajstić information content (AvgIpc) is 2.36. The second kappa shape index (κ2) is 6.00. The summed E-state index contributed by atoms with van der Waals surface area (Å²) in [6.45, 7) is 3.71. The number of anilines is 1. The number of thioether (sulfide) groups is 1. The van der Waals surface area contributed by atoms with E-state index in [1.54, 1.807) is 24.9 Å². The van der Waals surface area contributed by atoms with Crippen LogP contribution >= 0.6 is 11.8 Å². The number of methoxy groups -OCH3 is 2. The Kier molecular flexibility index (Phi) is 4.90. The third-order valence-corrected chi connectivity index (χ3v) is 4.03. The van der Waals surface area contributed by atoms with Crippen LogP contribution in [0.3, 0.4) is 0 Å². The third-order valence-electron chi connectivity index (χ3n) is 2.51. The van der Waals surface area contributed by atoms with Crippen molar-refractivity contribution in [1.29, 1.82) is 0 Å². The molecule has 1 aromatic rings. The van der Waals surface area contributed by atoms with Crippen LogP contribution in [0, 0.1) is 5.41 Å². The summed E-state index contributed by atoms with van der Waals surface area (Å²) in [7, 11) is 3.00. The summed E-state index contributed by atoms with van der Waals surface area (Å²) in [5.41, 5.74) is 5.81. The molecule has 100 valence electrons. The van der Waals surface area contributed by atoms with Gasteiger partial charge in [-0.1, -0.05) is 0 Å². The highest BCUT2D eigenvalue weighted by Crippen LogP contribution is 2.35. The zero-order chi connectivity index (χ0) is 13.8. The lowest BCUT2D eigenvalue weighted by molar-refractivity contribution is -0.149. The van der Waals surface area contributed by atoms with Crippen LogP contribution in [-0.2, 0) is 9.53 Å². The number of esters is 1. The van der Waals surface area contributed by atoms with E-state index in [0.29, 0.717) is 11.4 Å². The Morgan fingerprint density at radius 2 is 2.06 bits per heavy atom. The van der Waals surface area contributed by atoms with E-state index in [0.717, 1.165) is 10.6 Å². The lowest BCUT2D eigenvalue weighted by atomic mass is 9.97. The molecule has 0 aliphatic carbocycles. The zero-order valence-corrected chi connectivity index (χ0v) is 12.0. The Labute approximate surface area is 112 Å². The molecule has 0 amide bonds. The minimum Gasteiger partial charge on any atom is -0.496 e. The van der Waals surface area contributed by atoms with Gasteiger partial charge in [0.25, 0.3) is 0 Å². The van der Waals surface area contributed by atoms with Gasteiger partial charge in [0.15, 0.2) is 0 Å². The Bertz CT molecular complexity index is 432. The third kappa shape index (κ3) is 3.57. The molecule has 0 aromatic heterocycles. The molecule has 2 N–H and O–H groups in total. The van der Waals surface area contributed by atoms with E-state index < -0.39 is 5.41 Å². The van der Waals surface area contributed by atoms with Crippen molar-refractivity contribution >= 4 is 23.4 Å². The van der Waals surface area contributed by atoms with Crippen molar-refractivity contribution in [2.45, 2.75) is 18.7 Å². The van der Waals surface area contributed by atoms with Crippen LogP contribution in [0.25, 0.3) is 0 Å². The summed E-state index contributed by atoms with van der Waals surface area (Å²) in [5.74, 6) is 1.12. The predicted molar refractivity (Wildman–Crippen MR) is 73.9 cm³/mol. The molecule has 0 unspecified atom stereocenters. The number of hydrogen-bond donors (Lipinski definition) is 1.